The molecule has 2 aromatic rings. The Balaban J connectivity index is 2.11. The first-order chi connectivity index (χ1) is 7.75. The lowest BCUT2D eigenvalue weighted by Gasteiger charge is -2.06. The Hall–Kier alpha value is -1.90. The summed E-state index contributed by atoms with van der Waals surface area (Å²) in [5.74, 6) is 1.29. The van der Waals surface area contributed by atoms with Gasteiger partial charge in [0.2, 0.25) is 0 Å². The van der Waals surface area contributed by atoms with Gasteiger partial charge in [-0.3, -0.25) is 0 Å². The smallest absolute Gasteiger partial charge is 0.321 e. The van der Waals surface area contributed by atoms with Crippen LogP contribution in [-0.4, -0.2) is 9.97 Å². The summed E-state index contributed by atoms with van der Waals surface area (Å²) in [6, 6.07) is 10.1. The van der Waals surface area contributed by atoms with Gasteiger partial charge in [-0.25, -0.2) is 9.97 Å². The van der Waals surface area contributed by atoms with Crippen molar-refractivity contribution >= 4 is 0 Å². The Labute approximate surface area is 95.1 Å². The number of benzene rings is 1. The lowest BCUT2D eigenvalue weighted by atomic mass is 10.0. The third kappa shape index (κ3) is 2.57. The zero-order valence-electron chi connectivity index (χ0n) is 9.42. The maximum absolute atomic E-state index is 5.49. The molecule has 3 nitrogen and oxygen atoms in total. The minimum Gasteiger partial charge on any atom is -0.424 e. The summed E-state index contributed by atoms with van der Waals surface area (Å²) in [6.07, 6.45) is 3.32. The summed E-state index contributed by atoms with van der Waals surface area (Å²) in [6.45, 7) is 4.33. The largest absolute Gasteiger partial charge is 0.424 e. The first-order valence-corrected chi connectivity index (χ1v) is 5.30. The Morgan fingerprint density at radius 1 is 1.00 bits per heavy atom. The fraction of sp³-hybridized carbons (Fsp3) is 0.231. The Bertz CT molecular complexity index is 437. The molecule has 0 saturated heterocycles. The van der Waals surface area contributed by atoms with Gasteiger partial charge >= 0.3 is 6.01 Å². The number of nitrogens with zero attached hydrogens (tertiary/aromatic N) is 2. The first kappa shape index (κ1) is 10.6. The third-order valence-corrected chi connectivity index (χ3v) is 2.30. The molecule has 3 heteroatoms. The lowest BCUT2D eigenvalue weighted by Crippen LogP contribution is -1.91. The second-order valence-corrected chi connectivity index (χ2v) is 3.86. The van der Waals surface area contributed by atoms with Crippen molar-refractivity contribution in [2.75, 3.05) is 0 Å². The van der Waals surface area contributed by atoms with Crippen molar-refractivity contribution in [3.8, 4) is 11.8 Å². The quantitative estimate of drug-likeness (QED) is 0.785. The molecular formula is C13H14N2O. The van der Waals surface area contributed by atoms with Gasteiger partial charge < -0.3 is 4.74 Å². The third-order valence-electron chi connectivity index (χ3n) is 2.30. The molecule has 0 saturated carbocycles. The lowest BCUT2D eigenvalue weighted by molar-refractivity contribution is 0.441. The van der Waals surface area contributed by atoms with Gasteiger partial charge in [-0.2, -0.15) is 0 Å². The van der Waals surface area contributed by atoms with Crippen LogP contribution in [0.4, 0.5) is 0 Å². The Morgan fingerprint density at radius 2 is 1.62 bits per heavy atom. The zero-order valence-corrected chi connectivity index (χ0v) is 9.42. The van der Waals surface area contributed by atoms with E-state index in [2.05, 4.69) is 35.9 Å². The Kier molecular flexibility index (Phi) is 3.15. The van der Waals surface area contributed by atoms with Crippen molar-refractivity contribution in [1.29, 1.82) is 0 Å². The second kappa shape index (κ2) is 4.75. The normalized spacial score (nSPS) is 10.4. The van der Waals surface area contributed by atoms with E-state index in [-0.39, 0.29) is 0 Å². The van der Waals surface area contributed by atoms with Gasteiger partial charge in [-0.15, -0.1) is 0 Å². The van der Waals surface area contributed by atoms with Crippen molar-refractivity contribution in [2.24, 2.45) is 0 Å². The van der Waals surface area contributed by atoms with E-state index in [4.69, 9.17) is 4.74 Å². The van der Waals surface area contributed by atoms with Crippen LogP contribution in [0.1, 0.15) is 25.3 Å². The maximum Gasteiger partial charge on any atom is 0.321 e. The standard InChI is InChI=1S/C13H14N2O/c1-10(2)11-4-6-12(7-5-11)16-13-14-8-3-9-15-13/h3-10H,1-2H3. The van der Waals surface area contributed by atoms with E-state index in [1.54, 1.807) is 18.5 Å². The topological polar surface area (TPSA) is 35.0 Å². The van der Waals surface area contributed by atoms with Gasteiger partial charge in [-0.05, 0) is 29.7 Å². The van der Waals surface area contributed by atoms with Crippen LogP contribution < -0.4 is 4.74 Å². The summed E-state index contributed by atoms with van der Waals surface area (Å²) in [5.41, 5.74) is 1.29. The minimum atomic E-state index is 0.375. The molecule has 0 aliphatic carbocycles. The highest BCUT2D eigenvalue weighted by atomic mass is 16.5. The van der Waals surface area contributed by atoms with Crippen LogP contribution in [0.5, 0.6) is 11.8 Å². The van der Waals surface area contributed by atoms with Gasteiger partial charge in [-0.1, -0.05) is 26.0 Å². The molecule has 0 amide bonds. The predicted octanol–water partition coefficient (Wildman–Crippen LogP) is 3.39. The molecule has 16 heavy (non-hydrogen) atoms. The number of rotatable bonds is 3. The predicted molar refractivity (Wildman–Crippen MR) is 62.6 cm³/mol. The van der Waals surface area contributed by atoms with Gasteiger partial charge in [0.1, 0.15) is 5.75 Å². The van der Waals surface area contributed by atoms with Gasteiger partial charge in [0.15, 0.2) is 0 Å². The van der Waals surface area contributed by atoms with E-state index in [0.29, 0.717) is 11.9 Å². The molecule has 0 N–H and O–H groups in total. The molecule has 0 aliphatic heterocycles. The molecule has 1 aromatic heterocycles. The molecular weight excluding hydrogens is 200 g/mol. The molecule has 0 radical (unpaired) electrons. The summed E-state index contributed by atoms with van der Waals surface area (Å²) >= 11 is 0. The van der Waals surface area contributed by atoms with E-state index in [9.17, 15) is 0 Å². The van der Waals surface area contributed by atoms with Crippen LogP contribution in [0.2, 0.25) is 0 Å². The van der Waals surface area contributed by atoms with Crippen molar-refractivity contribution in [3.05, 3.63) is 48.3 Å². The molecule has 1 heterocycles. The highest BCUT2D eigenvalue weighted by Gasteiger charge is 2.01. The molecule has 0 spiro atoms. The second-order valence-electron chi connectivity index (χ2n) is 3.86. The molecule has 2 rings (SSSR count). The molecule has 1 aromatic carbocycles. The van der Waals surface area contributed by atoms with Gasteiger partial charge in [0.25, 0.3) is 0 Å². The van der Waals surface area contributed by atoms with Crippen LogP contribution in [0.25, 0.3) is 0 Å². The fourth-order valence-electron chi connectivity index (χ4n) is 1.36. The highest BCUT2D eigenvalue weighted by molar-refractivity contribution is 5.30. The molecule has 0 fully saturated rings. The maximum atomic E-state index is 5.49. The van der Waals surface area contributed by atoms with E-state index in [1.807, 2.05) is 12.1 Å². The van der Waals surface area contributed by atoms with Crippen LogP contribution in [0.15, 0.2) is 42.7 Å². The van der Waals surface area contributed by atoms with Crippen LogP contribution in [-0.2, 0) is 0 Å². The van der Waals surface area contributed by atoms with E-state index in [1.165, 1.54) is 5.56 Å². The van der Waals surface area contributed by atoms with Crippen molar-refractivity contribution in [3.63, 3.8) is 0 Å². The molecule has 0 atom stereocenters. The average Bonchev–Trinajstić information content (AvgIpc) is 2.31. The zero-order chi connectivity index (χ0) is 11.4. The molecule has 0 aliphatic rings. The number of aromatic nitrogens is 2. The minimum absolute atomic E-state index is 0.375. The van der Waals surface area contributed by atoms with Crippen LogP contribution in [0.3, 0.4) is 0 Å². The van der Waals surface area contributed by atoms with Crippen LogP contribution >= 0.6 is 0 Å². The molecule has 0 unspecified atom stereocenters. The van der Waals surface area contributed by atoms with Crippen molar-refractivity contribution in [1.82, 2.24) is 9.97 Å². The number of ether oxygens (including phenoxy) is 1. The summed E-state index contributed by atoms with van der Waals surface area (Å²) in [5, 5.41) is 0. The van der Waals surface area contributed by atoms with E-state index < -0.39 is 0 Å². The summed E-state index contributed by atoms with van der Waals surface area (Å²) in [7, 11) is 0. The van der Waals surface area contributed by atoms with E-state index in [0.717, 1.165) is 5.75 Å². The van der Waals surface area contributed by atoms with E-state index >= 15 is 0 Å². The Morgan fingerprint density at radius 3 is 2.19 bits per heavy atom. The summed E-state index contributed by atoms with van der Waals surface area (Å²) in [4.78, 5) is 8.00. The fourth-order valence-corrected chi connectivity index (χ4v) is 1.36. The molecule has 82 valence electrons. The van der Waals surface area contributed by atoms with Crippen molar-refractivity contribution < 1.29 is 4.74 Å². The van der Waals surface area contributed by atoms with Crippen LogP contribution in [0, 0.1) is 0 Å². The number of hydrogen-bond donors (Lipinski definition) is 0. The first-order valence-electron chi connectivity index (χ1n) is 5.30. The highest BCUT2D eigenvalue weighted by Crippen LogP contribution is 2.21. The van der Waals surface area contributed by atoms with Crippen molar-refractivity contribution in [2.45, 2.75) is 19.8 Å². The number of hydrogen-bond acceptors (Lipinski definition) is 3. The summed E-state index contributed by atoms with van der Waals surface area (Å²) < 4.78 is 5.49. The molecule has 0 bridgehead atoms. The monoisotopic (exact) mass is 214 g/mol. The SMILES string of the molecule is CC(C)c1ccc(Oc2ncccn2)cc1. The van der Waals surface area contributed by atoms with Gasteiger partial charge in [0.05, 0.1) is 0 Å². The average molecular weight is 214 g/mol. The van der Waals surface area contributed by atoms with Gasteiger partial charge in [0, 0.05) is 12.4 Å².